The molecular weight excluding hydrogens is 206 g/mol. The molecular formula is C12H15NO3. The van der Waals surface area contributed by atoms with Crippen molar-refractivity contribution in [1.29, 1.82) is 0 Å². The van der Waals surface area contributed by atoms with Crippen LogP contribution in [0.2, 0.25) is 0 Å². The van der Waals surface area contributed by atoms with Crippen LogP contribution in [0.4, 0.5) is 4.79 Å². The van der Waals surface area contributed by atoms with E-state index in [1.54, 1.807) is 0 Å². The minimum absolute atomic E-state index is 0.0133. The lowest BCUT2D eigenvalue weighted by Crippen LogP contribution is -2.40. The molecule has 0 radical (unpaired) electrons. The minimum Gasteiger partial charge on any atom is -0.447 e. The Hall–Kier alpha value is -1.32. The van der Waals surface area contributed by atoms with Gasteiger partial charge in [-0.1, -0.05) is 19.1 Å². The summed E-state index contributed by atoms with van der Waals surface area (Å²) in [5.41, 5.74) is 0. The number of cyclic esters (lactones) is 1. The number of hydrogen-bond donors (Lipinski definition) is 0. The van der Waals surface area contributed by atoms with Gasteiger partial charge in [-0.25, -0.2) is 9.69 Å². The van der Waals surface area contributed by atoms with Crippen molar-refractivity contribution in [3.8, 4) is 0 Å². The summed E-state index contributed by atoms with van der Waals surface area (Å²) in [7, 11) is 0. The van der Waals surface area contributed by atoms with Gasteiger partial charge < -0.3 is 4.74 Å². The molecule has 0 aromatic heterocycles. The lowest BCUT2D eigenvalue weighted by Gasteiger charge is -2.26. The van der Waals surface area contributed by atoms with Gasteiger partial charge in [0.15, 0.2) is 0 Å². The van der Waals surface area contributed by atoms with Crippen LogP contribution < -0.4 is 0 Å². The van der Waals surface area contributed by atoms with Crippen LogP contribution in [-0.4, -0.2) is 30.1 Å². The van der Waals surface area contributed by atoms with Gasteiger partial charge in [-0.3, -0.25) is 4.79 Å². The van der Waals surface area contributed by atoms with Crippen molar-refractivity contribution in [3.63, 3.8) is 0 Å². The van der Waals surface area contributed by atoms with E-state index in [0.29, 0.717) is 30.9 Å². The molecule has 1 aliphatic heterocycles. The average Bonchev–Trinajstić information content (AvgIpc) is 2.92. The maximum absolute atomic E-state index is 12.2. The number of imide groups is 1. The maximum Gasteiger partial charge on any atom is 0.416 e. The maximum atomic E-state index is 12.2. The summed E-state index contributed by atoms with van der Waals surface area (Å²) >= 11 is 0. The summed E-state index contributed by atoms with van der Waals surface area (Å²) in [6, 6.07) is 0. The van der Waals surface area contributed by atoms with Gasteiger partial charge in [-0.15, -0.1) is 0 Å². The second-order valence-electron chi connectivity index (χ2n) is 4.94. The van der Waals surface area contributed by atoms with Crippen LogP contribution in [0.15, 0.2) is 12.2 Å². The Kier molecular flexibility index (Phi) is 2.06. The van der Waals surface area contributed by atoms with Gasteiger partial charge in [0.1, 0.15) is 6.61 Å². The summed E-state index contributed by atoms with van der Waals surface area (Å²) in [6.45, 7) is 2.87. The smallest absolute Gasteiger partial charge is 0.416 e. The Morgan fingerprint density at radius 2 is 2.19 bits per heavy atom. The number of carbonyl (C=O) groups excluding carboxylic acids is 2. The first-order valence-corrected chi connectivity index (χ1v) is 5.85. The van der Waals surface area contributed by atoms with E-state index in [9.17, 15) is 9.59 Å². The van der Waals surface area contributed by atoms with Crippen LogP contribution in [0.1, 0.15) is 13.3 Å². The zero-order valence-electron chi connectivity index (χ0n) is 9.26. The average molecular weight is 221 g/mol. The Labute approximate surface area is 94.2 Å². The van der Waals surface area contributed by atoms with Crippen molar-refractivity contribution in [2.75, 3.05) is 13.2 Å². The van der Waals surface area contributed by atoms with Gasteiger partial charge in [0.2, 0.25) is 5.91 Å². The molecule has 1 saturated carbocycles. The molecule has 2 bridgehead atoms. The van der Waals surface area contributed by atoms with Gasteiger partial charge >= 0.3 is 6.09 Å². The Morgan fingerprint density at radius 3 is 2.75 bits per heavy atom. The van der Waals surface area contributed by atoms with Crippen LogP contribution in [0.5, 0.6) is 0 Å². The second kappa shape index (κ2) is 3.34. The minimum atomic E-state index is -0.469. The van der Waals surface area contributed by atoms with Crippen molar-refractivity contribution in [3.05, 3.63) is 12.2 Å². The van der Waals surface area contributed by atoms with E-state index in [0.717, 1.165) is 6.42 Å². The highest BCUT2D eigenvalue weighted by atomic mass is 16.6. The van der Waals surface area contributed by atoms with E-state index in [4.69, 9.17) is 4.74 Å². The number of fused-ring (bicyclic) bond motifs is 2. The van der Waals surface area contributed by atoms with Crippen LogP contribution >= 0.6 is 0 Å². The largest absolute Gasteiger partial charge is 0.447 e. The molecule has 86 valence electrons. The number of rotatable bonds is 1. The van der Waals surface area contributed by atoms with E-state index in [1.165, 1.54) is 4.90 Å². The molecule has 0 aromatic rings. The predicted octanol–water partition coefficient (Wildman–Crippen LogP) is 1.42. The van der Waals surface area contributed by atoms with Gasteiger partial charge in [0, 0.05) is 5.92 Å². The molecule has 2 aliphatic carbocycles. The summed E-state index contributed by atoms with van der Waals surface area (Å²) < 4.78 is 4.81. The lowest BCUT2D eigenvalue weighted by molar-refractivity contribution is -0.134. The second-order valence-corrected chi connectivity index (χ2v) is 4.94. The molecule has 4 atom stereocenters. The molecule has 0 N–H and O–H groups in total. The topological polar surface area (TPSA) is 46.6 Å². The monoisotopic (exact) mass is 221 g/mol. The molecule has 0 spiro atoms. The van der Waals surface area contributed by atoms with Gasteiger partial charge in [-0.2, -0.15) is 0 Å². The zero-order chi connectivity index (χ0) is 11.3. The number of nitrogens with zero attached hydrogens (tertiary/aromatic N) is 1. The molecule has 2 amide bonds. The number of allylic oxidation sites excluding steroid dienone is 2. The number of ether oxygens (including phenoxy) is 1. The summed E-state index contributed by atoms with van der Waals surface area (Å²) in [4.78, 5) is 24.9. The van der Waals surface area contributed by atoms with Crippen LogP contribution in [-0.2, 0) is 9.53 Å². The molecule has 1 saturated heterocycles. The first kappa shape index (κ1) is 9.87. The first-order chi connectivity index (χ1) is 7.68. The van der Waals surface area contributed by atoms with Crippen LogP contribution in [0, 0.1) is 23.7 Å². The molecule has 16 heavy (non-hydrogen) atoms. The van der Waals surface area contributed by atoms with Crippen LogP contribution in [0.25, 0.3) is 0 Å². The van der Waals surface area contributed by atoms with Crippen molar-refractivity contribution < 1.29 is 14.3 Å². The fraction of sp³-hybridized carbons (Fsp3) is 0.667. The van der Waals surface area contributed by atoms with E-state index in [1.807, 2.05) is 0 Å². The number of hydrogen-bond acceptors (Lipinski definition) is 3. The van der Waals surface area contributed by atoms with Crippen molar-refractivity contribution in [1.82, 2.24) is 4.90 Å². The molecule has 3 rings (SSSR count). The number of amides is 2. The molecule has 4 nitrogen and oxygen atoms in total. The molecule has 0 aromatic carbocycles. The van der Waals surface area contributed by atoms with E-state index < -0.39 is 6.09 Å². The fourth-order valence-corrected chi connectivity index (χ4v) is 3.25. The molecule has 4 heteroatoms. The highest BCUT2D eigenvalue weighted by molar-refractivity contribution is 5.94. The summed E-state index contributed by atoms with van der Waals surface area (Å²) in [6.07, 6.45) is 4.94. The fourth-order valence-electron chi connectivity index (χ4n) is 3.25. The predicted molar refractivity (Wildman–Crippen MR) is 56.5 cm³/mol. The van der Waals surface area contributed by atoms with E-state index in [-0.39, 0.29) is 11.8 Å². The van der Waals surface area contributed by atoms with Gasteiger partial charge in [0.05, 0.1) is 6.54 Å². The van der Waals surface area contributed by atoms with Crippen molar-refractivity contribution in [2.45, 2.75) is 13.3 Å². The molecule has 2 fully saturated rings. The van der Waals surface area contributed by atoms with Crippen molar-refractivity contribution in [2.24, 2.45) is 23.7 Å². The van der Waals surface area contributed by atoms with E-state index in [2.05, 4.69) is 19.1 Å². The standard InChI is InChI=1S/C12H15NO3/c1-7-8-2-3-9(6-8)10(7)11(14)13-4-5-16-12(13)15/h2-3,7-10H,4-6H2,1H3/t7-,8+,9-,10-/m0/s1. The Bertz CT molecular complexity index is 376. The van der Waals surface area contributed by atoms with E-state index >= 15 is 0 Å². The van der Waals surface area contributed by atoms with Crippen molar-refractivity contribution >= 4 is 12.0 Å². The third-order valence-corrected chi connectivity index (χ3v) is 4.16. The highest BCUT2D eigenvalue weighted by Crippen LogP contribution is 2.48. The van der Waals surface area contributed by atoms with Gasteiger partial charge in [-0.05, 0) is 24.2 Å². The third kappa shape index (κ3) is 1.22. The zero-order valence-corrected chi connectivity index (χ0v) is 9.26. The normalized spacial score (nSPS) is 40.6. The molecule has 0 unspecified atom stereocenters. The molecule has 1 heterocycles. The summed E-state index contributed by atoms with van der Waals surface area (Å²) in [5, 5.41) is 0. The first-order valence-electron chi connectivity index (χ1n) is 5.85. The Balaban J connectivity index is 1.81. The molecule has 3 aliphatic rings. The lowest BCUT2D eigenvalue weighted by atomic mass is 9.83. The number of carbonyl (C=O) groups is 2. The quantitative estimate of drug-likeness (QED) is 0.629. The third-order valence-electron chi connectivity index (χ3n) is 4.16. The highest BCUT2D eigenvalue weighted by Gasteiger charge is 2.48. The van der Waals surface area contributed by atoms with Crippen LogP contribution in [0.3, 0.4) is 0 Å². The summed E-state index contributed by atoms with van der Waals surface area (Å²) in [5.74, 6) is 1.17. The van der Waals surface area contributed by atoms with Gasteiger partial charge in [0.25, 0.3) is 0 Å². The SMILES string of the molecule is C[C@@H]1[C@H](C(=O)N2CCOC2=O)[C@H]2C=C[C@@H]1C2. The Morgan fingerprint density at radius 1 is 1.44 bits per heavy atom.